The summed E-state index contributed by atoms with van der Waals surface area (Å²) in [6.07, 6.45) is -0.0506. The van der Waals surface area contributed by atoms with Gasteiger partial charge in [0.1, 0.15) is 5.75 Å². The maximum Gasteiger partial charge on any atom is 0.356 e. The molecule has 0 aromatic heterocycles. The fourth-order valence-corrected chi connectivity index (χ4v) is 1.11. The first-order valence-electron chi connectivity index (χ1n) is 5.03. The molecule has 0 heterocycles. The molecule has 0 radical (unpaired) electrons. The van der Waals surface area contributed by atoms with E-state index in [0.29, 0.717) is 5.56 Å². The smallest absolute Gasteiger partial charge is 0.356 e. The summed E-state index contributed by atoms with van der Waals surface area (Å²) in [4.78, 5) is 32.2. The fraction of sp³-hybridized carbons (Fsp3) is 0.0833. The molecule has 0 aliphatic heterocycles. The number of hydrogen-bond donors (Lipinski definition) is 3. The average Bonchev–Trinajstić information content (AvgIpc) is 2.34. The van der Waals surface area contributed by atoms with Gasteiger partial charge < -0.3 is 20.1 Å². The molecule has 7 nitrogen and oxygen atoms in total. The van der Waals surface area contributed by atoms with E-state index >= 15 is 0 Å². The molecule has 0 unspecified atom stereocenters. The lowest BCUT2D eigenvalue weighted by atomic mass is 10.2. The molecule has 0 aliphatic carbocycles. The minimum absolute atomic E-state index is 0.0524. The third-order valence-corrected chi connectivity index (χ3v) is 1.99. The average molecular weight is 266 g/mol. The van der Waals surface area contributed by atoms with E-state index in [0.717, 1.165) is 6.08 Å². The van der Waals surface area contributed by atoms with Crippen molar-refractivity contribution in [3.8, 4) is 5.75 Å². The number of aromatic hydroxyl groups is 1. The van der Waals surface area contributed by atoms with Crippen molar-refractivity contribution in [2.75, 3.05) is 0 Å². The Morgan fingerprint density at radius 2 is 1.58 bits per heavy atom. The number of benzene rings is 1. The van der Waals surface area contributed by atoms with Gasteiger partial charge in [-0.15, -0.1) is 0 Å². The lowest BCUT2D eigenvalue weighted by Crippen LogP contribution is -2.34. The molecular weight excluding hydrogens is 256 g/mol. The zero-order valence-corrected chi connectivity index (χ0v) is 9.52. The van der Waals surface area contributed by atoms with Crippen molar-refractivity contribution in [2.24, 2.45) is 0 Å². The van der Waals surface area contributed by atoms with Crippen LogP contribution in [0.4, 0.5) is 0 Å². The van der Waals surface area contributed by atoms with Crippen LogP contribution in [-0.4, -0.2) is 39.3 Å². The molecule has 0 saturated heterocycles. The molecule has 0 bridgehead atoms. The van der Waals surface area contributed by atoms with E-state index in [4.69, 9.17) is 15.3 Å². The van der Waals surface area contributed by atoms with Crippen molar-refractivity contribution in [3.05, 3.63) is 35.9 Å². The van der Waals surface area contributed by atoms with E-state index in [1.54, 1.807) is 0 Å². The van der Waals surface area contributed by atoms with E-state index in [1.807, 2.05) is 0 Å². The normalized spacial score (nSPS) is 10.6. The number of carboxylic acid groups (broad SMARTS) is 2. The van der Waals surface area contributed by atoms with Crippen LogP contribution in [0, 0.1) is 0 Å². The third kappa shape index (κ3) is 4.50. The van der Waals surface area contributed by atoms with E-state index in [2.05, 4.69) is 4.74 Å². The second-order valence-corrected chi connectivity index (χ2v) is 3.42. The predicted molar refractivity (Wildman–Crippen MR) is 62.3 cm³/mol. The van der Waals surface area contributed by atoms with Crippen LogP contribution >= 0.6 is 0 Å². The number of aliphatic carboxylic acids is 2. The van der Waals surface area contributed by atoms with Crippen LogP contribution < -0.4 is 0 Å². The molecule has 7 heteroatoms. The SMILES string of the molecule is O=C(/C=C\c1ccc(O)cc1)OC(C(=O)O)C(=O)O. The van der Waals surface area contributed by atoms with Gasteiger partial charge >= 0.3 is 17.9 Å². The summed E-state index contributed by atoms with van der Waals surface area (Å²) in [5, 5.41) is 26.0. The van der Waals surface area contributed by atoms with E-state index in [-0.39, 0.29) is 5.75 Å². The predicted octanol–water partition coefficient (Wildman–Crippen LogP) is 0.486. The molecule has 100 valence electrons. The van der Waals surface area contributed by atoms with E-state index in [1.165, 1.54) is 30.3 Å². The first kappa shape index (κ1) is 14.2. The summed E-state index contributed by atoms with van der Waals surface area (Å²) in [5.74, 6) is -4.57. The summed E-state index contributed by atoms with van der Waals surface area (Å²) < 4.78 is 4.24. The number of phenolic OH excluding ortho intramolecular Hbond substituents is 1. The number of ether oxygens (including phenoxy) is 1. The monoisotopic (exact) mass is 266 g/mol. The van der Waals surface area contributed by atoms with Crippen LogP contribution in [-0.2, 0) is 19.1 Å². The van der Waals surface area contributed by atoms with Crippen molar-refractivity contribution < 1.29 is 34.4 Å². The molecule has 19 heavy (non-hydrogen) atoms. The molecule has 0 atom stereocenters. The molecule has 0 amide bonds. The van der Waals surface area contributed by atoms with Crippen molar-refractivity contribution >= 4 is 24.0 Å². The minimum Gasteiger partial charge on any atom is -0.508 e. The maximum absolute atomic E-state index is 11.2. The van der Waals surface area contributed by atoms with Crippen molar-refractivity contribution in [1.82, 2.24) is 0 Å². The Kier molecular flexibility index (Phi) is 4.64. The molecule has 1 aromatic rings. The lowest BCUT2D eigenvalue weighted by molar-refractivity contribution is -0.172. The summed E-state index contributed by atoms with van der Waals surface area (Å²) >= 11 is 0. The molecule has 0 spiro atoms. The number of esters is 1. The molecule has 1 aromatic carbocycles. The van der Waals surface area contributed by atoms with Crippen molar-refractivity contribution in [1.29, 1.82) is 0 Å². The zero-order chi connectivity index (χ0) is 14.4. The Labute approximate surface area is 107 Å². The molecular formula is C12H10O7. The summed E-state index contributed by atoms with van der Waals surface area (Å²) in [6, 6.07) is 5.79. The molecule has 3 N–H and O–H groups in total. The highest BCUT2D eigenvalue weighted by Crippen LogP contribution is 2.10. The van der Waals surface area contributed by atoms with Gasteiger partial charge in [0, 0.05) is 6.08 Å². The van der Waals surface area contributed by atoms with Gasteiger partial charge in [-0.05, 0) is 23.8 Å². The van der Waals surface area contributed by atoms with Crippen molar-refractivity contribution in [2.45, 2.75) is 6.10 Å². The highest BCUT2D eigenvalue weighted by Gasteiger charge is 2.29. The second-order valence-electron chi connectivity index (χ2n) is 3.42. The number of rotatable bonds is 5. The number of carboxylic acids is 2. The minimum atomic E-state index is -2.24. The van der Waals surface area contributed by atoms with Crippen LogP contribution in [0.3, 0.4) is 0 Å². The number of hydrogen-bond acceptors (Lipinski definition) is 5. The Morgan fingerprint density at radius 3 is 2.05 bits per heavy atom. The van der Waals surface area contributed by atoms with Gasteiger partial charge in [0.15, 0.2) is 0 Å². The quantitative estimate of drug-likeness (QED) is 0.402. The summed E-state index contributed by atoms with van der Waals surface area (Å²) in [6.45, 7) is 0. The molecule has 0 fully saturated rings. The molecule has 1 rings (SSSR count). The van der Waals surface area contributed by atoms with Crippen LogP contribution in [0.1, 0.15) is 5.56 Å². The Bertz CT molecular complexity index is 501. The highest BCUT2D eigenvalue weighted by atomic mass is 16.6. The van der Waals surface area contributed by atoms with E-state index < -0.39 is 24.0 Å². The van der Waals surface area contributed by atoms with Crippen molar-refractivity contribution in [3.63, 3.8) is 0 Å². The fourth-order valence-electron chi connectivity index (χ4n) is 1.11. The Morgan fingerprint density at radius 1 is 1.05 bits per heavy atom. The molecule has 0 aliphatic rings. The largest absolute Gasteiger partial charge is 0.508 e. The number of carbonyl (C=O) groups is 3. The van der Waals surface area contributed by atoms with Crippen LogP contribution in [0.15, 0.2) is 30.3 Å². The second kappa shape index (κ2) is 6.20. The Hall–Kier alpha value is -2.83. The summed E-state index contributed by atoms with van der Waals surface area (Å²) in [7, 11) is 0. The number of carbonyl (C=O) groups excluding carboxylic acids is 1. The topological polar surface area (TPSA) is 121 Å². The first-order valence-corrected chi connectivity index (χ1v) is 5.03. The molecule has 0 saturated carbocycles. The van der Waals surface area contributed by atoms with Gasteiger partial charge in [-0.2, -0.15) is 0 Å². The highest BCUT2D eigenvalue weighted by molar-refractivity contribution is 5.99. The van der Waals surface area contributed by atoms with Gasteiger partial charge in [-0.1, -0.05) is 12.1 Å². The van der Waals surface area contributed by atoms with Crippen LogP contribution in [0.5, 0.6) is 5.75 Å². The van der Waals surface area contributed by atoms with Gasteiger partial charge in [0.2, 0.25) is 0 Å². The van der Waals surface area contributed by atoms with E-state index in [9.17, 15) is 14.4 Å². The lowest BCUT2D eigenvalue weighted by Gasteiger charge is -2.06. The van der Waals surface area contributed by atoms with Crippen LogP contribution in [0.2, 0.25) is 0 Å². The van der Waals surface area contributed by atoms with Crippen LogP contribution in [0.25, 0.3) is 6.08 Å². The Balaban J connectivity index is 2.66. The zero-order valence-electron chi connectivity index (χ0n) is 9.52. The number of phenols is 1. The summed E-state index contributed by atoms with van der Waals surface area (Å²) in [5.41, 5.74) is 0.553. The van der Waals surface area contributed by atoms with Gasteiger partial charge in [0.25, 0.3) is 6.10 Å². The standard InChI is InChI=1S/C12H10O7/c13-8-4-1-7(2-5-8)3-6-9(14)19-10(11(15)16)12(17)18/h1-6,10,13H,(H,15,16)(H,17,18)/b6-3-. The van der Waals surface area contributed by atoms with Gasteiger partial charge in [-0.3, -0.25) is 0 Å². The van der Waals surface area contributed by atoms with Gasteiger partial charge in [-0.25, -0.2) is 14.4 Å². The maximum atomic E-state index is 11.2. The first-order chi connectivity index (χ1) is 8.90. The van der Waals surface area contributed by atoms with Gasteiger partial charge in [0.05, 0.1) is 0 Å². The third-order valence-electron chi connectivity index (χ3n) is 1.99.